The van der Waals surface area contributed by atoms with E-state index in [1.807, 2.05) is 30.3 Å². The molecule has 0 fully saturated rings. The second kappa shape index (κ2) is 6.72. The second-order valence-electron chi connectivity index (χ2n) is 4.71. The summed E-state index contributed by atoms with van der Waals surface area (Å²) in [7, 11) is 0. The Morgan fingerprint density at radius 2 is 2.00 bits per heavy atom. The van der Waals surface area contributed by atoms with Crippen LogP contribution >= 0.6 is 0 Å². The van der Waals surface area contributed by atoms with Gasteiger partial charge in [-0.1, -0.05) is 30.3 Å². The molecule has 0 spiro atoms. The fraction of sp³-hybridized carbons (Fsp3) is 0.571. The highest BCUT2D eigenvalue weighted by molar-refractivity contribution is 5.13. The molecule has 0 aliphatic heterocycles. The van der Waals surface area contributed by atoms with Gasteiger partial charge in [-0.15, -0.1) is 0 Å². The molecule has 0 saturated carbocycles. The molecule has 0 aromatic heterocycles. The number of halogens is 1. The van der Waals surface area contributed by atoms with Gasteiger partial charge in [0.05, 0.1) is 6.61 Å². The molecule has 1 aromatic rings. The quantitative estimate of drug-likeness (QED) is 0.742. The van der Waals surface area contributed by atoms with Crippen molar-refractivity contribution in [2.75, 3.05) is 6.61 Å². The van der Waals surface area contributed by atoms with Crippen LogP contribution in [0.4, 0.5) is 4.39 Å². The van der Waals surface area contributed by atoms with Gasteiger partial charge in [0.1, 0.15) is 5.67 Å². The lowest BCUT2D eigenvalue weighted by Crippen LogP contribution is -2.39. The minimum absolute atomic E-state index is 0.434. The number of nitrogens with two attached hydrogens (primary N) is 1. The Balaban J connectivity index is 2.13. The minimum Gasteiger partial charge on any atom is -0.377 e. The maximum atomic E-state index is 13.8. The summed E-state index contributed by atoms with van der Waals surface area (Å²) in [6, 6.07) is 9.53. The summed E-state index contributed by atoms with van der Waals surface area (Å²) in [4.78, 5) is 0. The standard InChI is InChI=1S/C14H22FNO/c1-12(16)14(2,15)9-6-10-17-11-13-7-4-3-5-8-13/h3-5,7-8,12H,6,9-11,16H2,1-2H3. The molecule has 96 valence electrons. The average Bonchev–Trinajstić information content (AvgIpc) is 2.29. The minimum atomic E-state index is -1.30. The fourth-order valence-corrected chi connectivity index (χ4v) is 1.51. The Hall–Kier alpha value is -0.930. The monoisotopic (exact) mass is 239 g/mol. The summed E-state index contributed by atoms with van der Waals surface area (Å²) in [5.74, 6) is 0. The van der Waals surface area contributed by atoms with Crippen LogP contribution in [-0.2, 0) is 11.3 Å². The Labute approximate surface area is 103 Å². The van der Waals surface area contributed by atoms with Crippen molar-refractivity contribution in [1.29, 1.82) is 0 Å². The van der Waals surface area contributed by atoms with Crippen LogP contribution in [0.5, 0.6) is 0 Å². The van der Waals surface area contributed by atoms with E-state index in [-0.39, 0.29) is 0 Å². The normalized spacial score (nSPS) is 16.5. The summed E-state index contributed by atoms with van der Waals surface area (Å²) < 4.78 is 19.3. The smallest absolute Gasteiger partial charge is 0.123 e. The van der Waals surface area contributed by atoms with Crippen LogP contribution in [0.1, 0.15) is 32.3 Å². The molecule has 0 aliphatic rings. The van der Waals surface area contributed by atoms with Gasteiger partial charge in [-0.05, 0) is 32.3 Å². The van der Waals surface area contributed by atoms with E-state index in [9.17, 15) is 4.39 Å². The van der Waals surface area contributed by atoms with Crippen LogP contribution in [-0.4, -0.2) is 18.3 Å². The maximum absolute atomic E-state index is 13.8. The number of ether oxygens (including phenoxy) is 1. The van der Waals surface area contributed by atoms with Gasteiger partial charge in [0.25, 0.3) is 0 Å². The zero-order valence-electron chi connectivity index (χ0n) is 10.7. The average molecular weight is 239 g/mol. The number of hydrogen-bond acceptors (Lipinski definition) is 2. The molecule has 0 bridgehead atoms. The van der Waals surface area contributed by atoms with Gasteiger partial charge in [0.15, 0.2) is 0 Å². The van der Waals surface area contributed by atoms with Crippen LogP contribution in [0, 0.1) is 0 Å². The van der Waals surface area contributed by atoms with Crippen molar-refractivity contribution >= 4 is 0 Å². The van der Waals surface area contributed by atoms with Crippen molar-refractivity contribution in [2.45, 2.75) is 45.0 Å². The topological polar surface area (TPSA) is 35.2 Å². The zero-order valence-corrected chi connectivity index (χ0v) is 10.7. The van der Waals surface area contributed by atoms with Crippen molar-refractivity contribution < 1.29 is 9.13 Å². The Kier molecular flexibility index (Phi) is 5.59. The van der Waals surface area contributed by atoms with Crippen LogP contribution in [0.3, 0.4) is 0 Å². The van der Waals surface area contributed by atoms with Crippen molar-refractivity contribution in [1.82, 2.24) is 0 Å². The van der Waals surface area contributed by atoms with E-state index < -0.39 is 11.7 Å². The van der Waals surface area contributed by atoms with Crippen LogP contribution in [0.25, 0.3) is 0 Å². The van der Waals surface area contributed by atoms with E-state index in [1.54, 1.807) is 13.8 Å². The highest BCUT2D eigenvalue weighted by Gasteiger charge is 2.27. The van der Waals surface area contributed by atoms with Crippen molar-refractivity contribution in [2.24, 2.45) is 5.73 Å². The van der Waals surface area contributed by atoms with Gasteiger partial charge in [-0.2, -0.15) is 0 Å². The Morgan fingerprint density at radius 1 is 1.35 bits per heavy atom. The van der Waals surface area contributed by atoms with Gasteiger partial charge in [-0.25, -0.2) is 4.39 Å². The van der Waals surface area contributed by atoms with Gasteiger partial charge in [-0.3, -0.25) is 0 Å². The summed E-state index contributed by atoms with van der Waals surface area (Å²) in [6.45, 7) is 4.41. The predicted molar refractivity (Wildman–Crippen MR) is 68.5 cm³/mol. The molecule has 1 aromatic carbocycles. The molecule has 2 N–H and O–H groups in total. The van der Waals surface area contributed by atoms with Gasteiger partial charge in [0, 0.05) is 12.6 Å². The van der Waals surface area contributed by atoms with E-state index in [4.69, 9.17) is 10.5 Å². The third-order valence-corrected chi connectivity index (χ3v) is 3.02. The van der Waals surface area contributed by atoms with E-state index >= 15 is 0 Å². The second-order valence-corrected chi connectivity index (χ2v) is 4.71. The highest BCUT2D eigenvalue weighted by Crippen LogP contribution is 2.20. The Morgan fingerprint density at radius 3 is 2.59 bits per heavy atom. The maximum Gasteiger partial charge on any atom is 0.123 e. The number of benzene rings is 1. The lowest BCUT2D eigenvalue weighted by molar-refractivity contribution is 0.0869. The number of alkyl halides is 1. The molecule has 3 heteroatoms. The molecule has 0 aliphatic carbocycles. The lowest BCUT2D eigenvalue weighted by Gasteiger charge is -2.24. The van der Waals surface area contributed by atoms with Gasteiger partial charge >= 0.3 is 0 Å². The van der Waals surface area contributed by atoms with Crippen molar-refractivity contribution in [3.05, 3.63) is 35.9 Å². The van der Waals surface area contributed by atoms with Crippen molar-refractivity contribution in [3.8, 4) is 0 Å². The summed E-state index contributed by atoms with van der Waals surface area (Å²) in [5.41, 5.74) is 5.41. The van der Waals surface area contributed by atoms with Crippen LogP contribution in [0.15, 0.2) is 30.3 Å². The van der Waals surface area contributed by atoms with E-state index in [1.165, 1.54) is 0 Å². The number of rotatable bonds is 7. The molecular formula is C14H22FNO. The molecule has 2 nitrogen and oxygen atoms in total. The first kappa shape index (κ1) is 14.1. The lowest BCUT2D eigenvalue weighted by atomic mass is 9.95. The first-order valence-corrected chi connectivity index (χ1v) is 6.08. The summed E-state index contributed by atoms with van der Waals surface area (Å²) >= 11 is 0. The zero-order chi connectivity index (χ0) is 12.7. The first-order valence-electron chi connectivity index (χ1n) is 6.08. The molecule has 2 atom stereocenters. The molecule has 0 amide bonds. The molecule has 0 saturated heterocycles. The third kappa shape index (κ3) is 5.29. The Bertz CT molecular complexity index is 311. The van der Waals surface area contributed by atoms with Crippen LogP contribution < -0.4 is 5.73 Å². The molecular weight excluding hydrogens is 217 g/mol. The van der Waals surface area contributed by atoms with Crippen molar-refractivity contribution in [3.63, 3.8) is 0 Å². The fourth-order valence-electron chi connectivity index (χ4n) is 1.51. The molecule has 0 radical (unpaired) electrons. The third-order valence-electron chi connectivity index (χ3n) is 3.02. The molecule has 2 unspecified atom stereocenters. The largest absolute Gasteiger partial charge is 0.377 e. The van der Waals surface area contributed by atoms with Gasteiger partial charge in [0.2, 0.25) is 0 Å². The number of hydrogen-bond donors (Lipinski definition) is 1. The molecule has 1 rings (SSSR count). The predicted octanol–water partition coefficient (Wildman–Crippen LogP) is 3.06. The highest BCUT2D eigenvalue weighted by atomic mass is 19.1. The van der Waals surface area contributed by atoms with E-state index in [0.29, 0.717) is 26.1 Å². The molecule has 0 heterocycles. The summed E-state index contributed by atoms with van der Waals surface area (Å²) in [6.07, 6.45) is 1.14. The van der Waals surface area contributed by atoms with Crippen LogP contribution in [0.2, 0.25) is 0 Å². The SMILES string of the molecule is CC(N)C(C)(F)CCCOCc1ccccc1. The van der Waals surface area contributed by atoms with Gasteiger partial charge < -0.3 is 10.5 Å². The van der Waals surface area contributed by atoms with E-state index in [2.05, 4.69) is 0 Å². The van der Waals surface area contributed by atoms with E-state index in [0.717, 1.165) is 5.56 Å². The first-order chi connectivity index (χ1) is 8.02. The summed E-state index contributed by atoms with van der Waals surface area (Å²) in [5, 5.41) is 0. The molecule has 17 heavy (non-hydrogen) atoms.